The third-order valence-corrected chi connectivity index (χ3v) is 8.44. The maximum absolute atomic E-state index is 9.72. The van der Waals surface area contributed by atoms with Crippen molar-refractivity contribution in [2.75, 3.05) is 62.6 Å². The van der Waals surface area contributed by atoms with Crippen molar-refractivity contribution < 1.29 is 4.74 Å². The molecule has 0 saturated heterocycles. The number of benzene rings is 1. The molecule has 2 fully saturated rings. The van der Waals surface area contributed by atoms with E-state index < -0.39 is 0 Å². The summed E-state index contributed by atoms with van der Waals surface area (Å²) in [5.41, 5.74) is 9.36. The highest BCUT2D eigenvalue weighted by atomic mass is 16.5. The number of fused-ring (bicyclic) bond motifs is 2. The number of ether oxygens (including phenoxy) is 1. The number of hydrogen-bond donors (Lipinski definition) is 3. The number of anilines is 5. The summed E-state index contributed by atoms with van der Waals surface area (Å²) in [6, 6.07) is 6.30. The largest absolute Gasteiger partial charge is 0.494 e. The molecule has 4 rings (SSSR count). The number of aromatic nitrogens is 2. The summed E-state index contributed by atoms with van der Waals surface area (Å²) in [7, 11) is 7.74. The highest BCUT2D eigenvalue weighted by Crippen LogP contribution is 2.60. The van der Waals surface area contributed by atoms with Gasteiger partial charge in [0.25, 0.3) is 0 Å². The van der Waals surface area contributed by atoms with Crippen LogP contribution in [-0.2, 0) is 0 Å². The van der Waals surface area contributed by atoms with Crippen LogP contribution in [0.2, 0.25) is 0 Å². The van der Waals surface area contributed by atoms with Crippen LogP contribution in [-0.4, -0.2) is 62.3 Å². The van der Waals surface area contributed by atoms with E-state index in [1.165, 1.54) is 12.8 Å². The standard InChI is InChI=1S/C27H40N8O/c1-16-18-8-9-19(27(18,2)3)24(16)32-25-17(14-28)15-30-26(33-25)31-21-12-20(29)22(13-23(21)36-7)35(6)11-10-34(4)5/h12-13,15-16,18-19,24H,8-11,29H2,1-7H3,(H2,30,31,32,33). The molecule has 1 aromatic carbocycles. The molecule has 0 amide bonds. The van der Waals surface area contributed by atoms with E-state index in [9.17, 15) is 5.26 Å². The summed E-state index contributed by atoms with van der Waals surface area (Å²) in [6.07, 6.45) is 4.06. The lowest BCUT2D eigenvalue weighted by Crippen LogP contribution is -2.34. The molecule has 0 aliphatic heterocycles. The fourth-order valence-corrected chi connectivity index (χ4v) is 6.38. The molecular formula is C27H40N8O. The van der Waals surface area contributed by atoms with E-state index in [1.54, 1.807) is 13.3 Å². The van der Waals surface area contributed by atoms with Crippen LogP contribution in [0, 0.1) is 34.5 Å². The lowest BCUT2D eigenvalue weighted by molar-refractivity contribution is 0.241. The van der Waals surface area contributed by atoms with Gasteiger partial charge in [-0.05, 0) is 56.2 Å². The number of nitrogen functional groups attached to an aromatic ring is 1. The molecule has 1 aromatic heterocycles. The lowest BCUT2D eigenvalue weighted by atomic mass is 9.80. The second-order valence-corrected chi connectivity index (χ2v) is 11.2. The molecule has 2 aliphatic carbocycles. The topological polar surface area (TPSA) is 115 Å². The van der Waals surface area contributed by atoms with Crippen molar-refractivity contribution in [1.29, 1.82) is 5.26 Å². The third kappa shape index (κ3) is 4.74. The molecule has 1 heterocycles. The Morgan fingerprint density at radius 3 is 2.53 bits per heavy atom. The van der Waals surface area contributed by atoms with E-state index in [0.717, 1.165) is 18.8 Å². The van der Waals surface area contributed by atoms with Gasteiger partial charge in [-0.2, -0.15) is 10.2 Å². The van der Waals surface area contributed by atoms with Gasteiger partial charge < -0.3 is 30.9 Å². The number of likely N-dealkylation sites (N-methyl/N-ethyl adjacent to an activating group) is 2. The summed E-state index contributed by atoms with van der Waals surface area (Å²) < 4.78 is 5.66. The van der Waals surface area contributed by atoms with Gasteiger partial charge in [0.05, 0.1) is 30.4 Å². The summed E-state index contributed by atoms with van der Waals surface area (Å²) in [5.74, 6) is 3.37. The molecule has 4 unspecified atom stereocenters. The van der Waals surface area contributed by atoms with E-state index in [1.807, 2.05) is 33.3 Å². The fraction of sp³-hybridized carbons (Fsp3) is 0.593. The molecule has 9 nitrogen and oxygen atoms in total. The van der Waals surface area contributed by atoms with Gasteiger partial charge in [0.15, 0.2) is 0 Å². The van der Waals surface area contributed by atoms with Crippen molar-refractivity contribution in [3.05, 3.63) is 23.9 Å². The number of rotatable bonds is 9. The number of methoxy groups -OCH3 is 1. The zero-order valence-corrected chi connectivity index (χ0v) is 22.6. The summed E-state index contributed by atoms with van der Waals surface area (Å²) in [4.78, 5) is 13.3. The number of nitriles is 1. The van der Waals surface area contributed by atoms with E-state index in [0.29, 0.717) is 57.6 Å². The highest BCUT2D eigenvalue weighted by molar-refractivity contribution is 5.79. The van der Waals surface area contributed by atoms with E-state index in [2.05, 4.69) is 52.3 Å². The van der Waals surface area contributed by atoms with Crippen LogP contribution in [0.1, 0.15) is 39.2 Å². The first kappa shape index (κ1) is 25.8. The molecule has 2 saturated carbocycles. The first-order valence-electron chi connectivity index (χ1n) is 12.7. The van der Waals surface area contributed by atoms with Gasteiger partial charge in [0.2, 0.25) is 5.95 Å². The number of hydrogen-bond acceptors (Lipinski definition) is 9. The molecule has 9 heteroatoms. The molecule has 2 aromatic rings. The second-order valence-electron chi connectivity index (χ2n) is 11.2. The molecule has 0 spiro atoms. The Labute approximate surface area is 215 Å². The molecular weight excluding hydrogens is 452 g/mol. The zero-order valence-electron chi connectivity index (χ0n) is 22.6. The quantitative estimate of drug-likeness (QED) is 0.444. The van der Waals surface area contributed by atoms with Crippen LogP contribution in [0.25, 0.3) is 0 Å². The van der Waals surface area contributed by atoms with Crippen LogP contribution in [0.5, 0.6) is 5.75 Å². The Bertz CT molecular complexity index is 1140. The number of nitrogens with one attached hydrogen (secondary N) is 2. The Morgan fingerprint density at radius 2 is 1.92 bits per heavy atom. The van der Waals surface area contributed by atoms with Crippen molar-refractivity contribution in [1.82, 2.24) is 14.9 Å². The molecule has 36 heavy (non-hydrogen) atoms. The number of nitrogens with zero attached hydrogens (tertiary/aromatic N) is 5. The number of nitrogens with two attached hydrogens (primary N) is 1. The van der Waals surface area contributed by atoms with Gasteiger partial charge in [-0.3, -0.25) is 0 Å². The van der Waals surface area contributed by atoms with Crippen LogP contribution in [0.3, 0.4) is 0 Å². The van der Waals surface area contributed by atoms with Gasteiger partial charge in [0.1, 0.15) is 23.2 Å². The molecule has 194 valence electrons. The van der Waals surface area contributed by atoms with Crippen molar-refractivity contribution >= 4 is 28.8 Å². The van der Waals surface area contributed by atoms with Gasteiger partial charge in [0, 0.05) is 32.2 Å². The third-order valence-electron chi connectivity index (χ3n) is 8.44. The smallest absolute Gasteiger partial charge is 0.229 e. The minimum absolute atomic E-state index is 0.288. The average molecular weight is 493 g/mol. The summed E-state index contributed by atoms with van der Waals surface area (Å²) in [5, 5.41) is 16.6. The van der Waals surface area contributed by atoms with E-state index in [-0.39, 0.29) is 6.04 Å². The van der Waals surface area contributed by atoms with Crippen molar-refractivity contribution in [3.63, 3.8) is 0 Å². The molecule has 4 atom stereocenters. The molecule has 4 N–H and O–H groups in total. The molecule has 2 bridgehead atoms. The summed E-state index contributed by atoms with van der Waals surface area (Å²) in [6.45, 7) is 8.82. The maximum Gasteiger partial charge on any atom is 0.229 e. The Hall–Kier alpha value is -3.25. The fourth-order valence-electron chi connectivity index (χ4n) is 6.38. The minimum atomic E-state index is 0.288. The zero-order chi connectivity index (χ0) is 26.2. The second kappa shape index (κ2) is 10.0. The van der Waals surface area contributed by atoms with Crippen molar-refractivity contribution in [2.24, 2.45) is 23.2 Å². The lowest BCUT2D eigenvalue weighted by Gasteiger charge is -2.30. The Kier molecular flexibility index (Phi) is 7.19. The van der Waals surface area contributed by atoms with Gasteiger partial charge in [-0.1, -0.05) is 20.8 Å². The summed E-state index contributed by atoms with van der Waals surface area (Å²) >= 11 is 0. The predicted molar refractivity (Wildman–Crippen MR) is 146 cm³/mol. The van der Waals surface area contributed by atoms with Crippen LogP contribution < -0.4 is 26.0 Å². The maximum atomic E-state index is 9.72. The average Bonchev–Trinajstić information content (AvgIpc) is 3.22. The highest BCUT2D eigenvalue weighted by Gasteiger charge is 2.57. The minimum Gasteiger partial charge on any atom is -0.494 e. The van der Waals surface area contributed by atoms with Gasteiger partial charge in [-0.25, -0.2) is 4.98 Å². The van der Waals surface area contributed by atoms with Crippen LogP contribution in [0.15, 0.2) is 18.3 Å². The van der Waals surface area contributed by atoms with Gasteiger partial charge >= 0.3 is 0 Å². The van der Waals surface area contributed by atoms with Crippen LogP contribution in [0.4, 0.5) is 28.8 Å². The monoisotopic (exact) mass is 492 g/mol. The van der Waals surface area contributed by atoms with Crippen LogP contribution >= 0.6 is 0 Å². The van der Waals surface area contributed by atoms with Crippen molar-refractivity contribution in [3.8, 4) is 11.8 Å². The molecule has 2 aliphatic rings. The normalized spacial score (nSPS) is 24.0. The first-order chi connectivity index (χ1) is 17.1. The van der Waals surface area contributed by atoms with E-state index >= 15 is 0 Å². The Balaban J connectivity index is 1.57. The van der Waals surface area contributed by atoms with Crippen molar-refractivity contribution in [2.45, 2.75) is 39.7 Å². The van der Waals surface area contributed by atoms with E-state index in [4.69, 9.17) is 15.5 Å². The van der Waals surface area contributed by atoms with Gasteiger partial charge in [-0.15, -0.1) is 0 Å². The Morgan fingerprint density at radius 1 is 1.19 bits per heavy atom. The first-order valence-corrected chi connectivity index (χ1v) is 12.7. The predicted octanol–water partition coefficient (Wildman–Crippen LogP) is 4.16. The molecule has 0 radical (unpaired) electrons. The SMILES string of the molecule is COc1cc(N(C)CCN(C)C)c(N)cc1Nc1ncc(C#N)c(NC2C(C)C3CCC2C3(C)C)n1.